The fourth-order valence-electron chi connectivity index (χ4n) is 2.96. The quantitative estimate of drug-likeness (QED) is 0.631. The Balaban J connectivity index is 1.92. The van der Waals surface area contributed by atoms with Gasteiger partial charge in [0.05, 0.1) is 11.6 Å². The number of benzene rings is 1. The smallest absolute Gasteiger partial charge is 0.325 e. The third kappa shape index (κ3) is 6.11. The minimum absolute atomic E-state index is 0.191. The lowest BCUT2D eigenvalue weighted by Gasteiger charge is -2.31. The van der Waals surface area contributed by atoms with Crippen molar-refractivity contribution < 1.29 is 24.2 Å². The SMILES string of the molecule is CCOc1ccc(/C=C/C(=O)N2CCC(C(=O)NC(C)C(=O)O)CC2)c(Cl)c1Cl. The van der Waals surface area contributed by atoms with E-state index in [1.165, 1.54) is 13.0 Å². The molecule has 0 aromatic heterocycles. The van der Waals surface area contributed by atoms with Gasteiger partial charge in [0, 0.05) is 25.1 Å². The van der Waals surface area contributed by atoms with Crippen molar-refractivity contribution in [2.75, 3.05) is 19.7 Å². The number of amides is 2. The lowest BCUT2D eigenvalue weighted by Crippen LogP contribution is -2.46. The topological polar surface area (TPSA) is 95.9 Å². The average molecular weight is 443 g/mol. The first-order valence-corrected chi connectivity index (χ1v) is 10.1. The van der Waals surface area contributed by atoms with Gasteiger partial charge in [0.15, 0.2) is 0 Å². The number of hydrogen-bond acceptors (Lipinski definition) is 4. The first-order chi connectivity index (χ1) is 13.7. The molecular formula is C20H24Cl2N2O5. The van der Waals surface area contributed by atoms with E-state index in [4.69, 9.17) is 33.0 Å². The number of carbonyl (C=O) groups excluding carboxylic acids is 2. The van der Waals surface area contributed by atoms with Gasteiger partial charge in [-0.15, -0.1) is 0 Å². The number of rotatable bonds is 7. The van der Waals surface area contributed by atoms with E-state index in [0.717, 1.165) is 0 Å². The molecule has 1 aliphatic rings. The molecule has 1 saturated heterocycles. The van der Waals surface area contributed by atoms with Gasteiger partial charge in [-0.2, -0.15) is 0 Å². The van der Waals surface area contributed by atoms with E-state index in [1.54, 1.807) is 23.1 Å². The zero-order chi connectivity index (χ0) is 21.6. The summed E-state index contributed by atoms with van der Waals surface area (Å²) in [5, 5.41) is 12.0. The molecule has 0 spiro atoms. The highest BCUT2D eigenvalue weighted by atomic mass is 35.5. The molecule has 0 saturated carbocycles. The molecule has 158 valence electrons. The summed E-state index contributed by atoms with van der Waals surface area (Å²) in [7, 11) is 0. The number of nitrogens with zero attached hydrogens (tertiary/aromatic N) is 1. The minimum atomic E-state index is -1.08. The summed E-state index contributed by atoms with van der Waals surface area (Å²) in [5.41, 5.74) is 0.602. The lowest BCUT2D eigenvalue weighted by atomic mass is 9.95. The zero-order valence-corrected chi connectivity index (χ0v) is 17.8. The average Bonchev–Trinajstić information content (AvgIpc) is 2.70. The number of aliphatic carboxylic acids is 1. The Morgan fingerprint density at radius 2 is 1.93 bits per heavy atom. The molecule has 1 aromatic rings. The molecule has 1 aromatic carbocycles. The standard InChI is InChI=1S/C20H24Cl2N2O5/c1-3-29-15-6-4-13(17(21)18(15)22)5-7-16(25)24-10-8-14(9-11-24)19(26)23-12(2)20(27)28/h4-7,12,14H,3,8-11H2,1-2H3,(H,23,26)(H,27,28)/b7-5+. The van der Waals surface area contributed by atoms with E-state index >= 15 is 0 Å². The summed E-state index contributed by atoms with van der Waals surface area (Å²) >= 11 is 12.4. The van der Waals surface area contributed by atoms with Gasteiger partial charge in [-0.05, 0) is 50.5 Å². The molecule has 2 rings (SSSR count). The van der Waals surface area contributed by atoms with Crippen LogP contribution < -0.4 is 10.1 Å². The van der Waals surface area contributed by atoms with Crippen LogP contribution in [-0.4, -0.2) is 53.5 Å². The van der Waals surface area contributed by atoms with Crippen molar-refractivity contribution in [1.82, 2.24) is 10.2 Å². The Kier molecular flexibility index (Phi) is 8.34. The van der Waals surface area contributed by atoms with Crippen LogP contribution in [0.5, 0.6) is 5.75 Å². The van der Waals surface area contributed by atoms with Gasteiger partial charge >= 0.3 is 5.97 Å². The number of carbonyl (C=O) groups is 3. The summed E-state index contributed by atoms with van der Waals surface area (Å²) in [6, 6.07) is 2.49. The monoisotopic (exact) mass is 442 g/mol. The number of nitrogens with one attached hydrogen (secondary N) is 1. The van der Waals surface area contributed by atoms with Crippen molar-refractivity contribution in [3.8, 4) is 5.75 Å². The Morgan fingerprint density at radius 1 is 1.28 bits per heavy atom. The highest BCUT2D eigenvalue weighted by molar-refractivity contribution is 6.43. The normalized spacial score (nSPS) is 15.9. The summed E-state index contributed by atoms with van der Waals surface area (Å²) in [6.45, 7) is 4.56. The second-order valence-electron chi connectivity index (χ2n) is 6.72. The fraction of sp³-hybridized carbons (Fsp3) is 0.450. The highest BCUT2D eigenvalue weighted by Crippen LogP contribution is 2.35. The van der Waals surface area contributed by atoms with Gasteiger partial charge in [0.2, 0.25) is 11.8 Å². The Labute approximate surface area is 179 Å². The van der Waals surface area contributed by atoms with Crippen molar-refractivity contribution in [3.05, 3.63) is 33.8 Å². The number of halogens is 2. The maximum atomic E-state index is 12.4. The molecule has 29 heavy (non-hydrogen) atoms. The molecule has 1 unspecified atom stereocenters. The van der Waals surface area contributed by atoms with Gasteiger partial charge < -0.3 is 20.1 Å². The van der Waals surface area contributed by atoms with Crippen LogP contribution in [0.3, 0.4) is 0 Å². The van der Waals surface area contributed by atoms with Crippen LogP contribution in [0.4, 0.5) is 0 Å². The number of likely N-dealkylation sites (tertiary alicyclic amines) is 1. The van der Waals surface area contributed by atoms with E-state index in [0.29, 0.717) is 53.9 Å². The summed E-state index contributed by atoms with van der Waals surface area (Å²) in [6.07, 6.45) is 3.98. The Bertz CT molecular complexity index is 804. The molecule has 1 fully saturated rings. The lowest BCUT2D eigenvalue weighted by molar-refractivity contribution is -0.142. The molecule has 9 heteroatoms. The van der Waals surface area contributed by atoms with Crippen molar-refractivity contribution in [1.29, 1.82) is 0 Å². The van der Waals surface area contributed by atoms with Gasteiger partial charge in [-0.3, -0.25) is 14.4 Å². The van der Waals surface area contributed by atoms with Crippen molar-refractivity contribution >= 4 is 47.1 Å². The predicted molar refractivity (Wildman–Crippen MR) is 111 cm³/mol. The Morgan fingerprint density at radius 3 is 2.52 bits per heavy atom. The van der Waals surface area contributed by atoms with Crippen molar-refractivity contribution in [2.24, 2.45) is 5.92 Å². The number of piperidine rings is 1. The molecule has 7 nitrogen and oxygen atoms in total. The number of ether oxygens (including phenoxy) is 1. The largest absolute Gasteiger partial charge is 0.492 e. The molecule has 1 heterocycles. The maximum absolute atomic E-state index is 12.4. The van der Waals surface area contributed by atoms with E-state index in [9.17, 15) is 14.4 Å². The first kappa shape index (κ1) is 23.0. The molecule has 2 amide bonds. The van der Waals surface area contributed by atoms with Crippen molar-refractivity contribution in [2.45, 2.75) is 32.7 Å². The van der Waals surface area contributed by atoms with Crippen LogP contribution in [0.2, 0.25) is 10.0 Å². The molecule has 1 atom stereocenters. The van der Waals surface area contributed by atoms with Crippen LogP contribution in [0.1, 0.15) is 32.3 Å². The number of carboxylic acids is 1. The third-order valence-corrected chi connectivity index (χ3v) is 5.57. The fourth-order valence-corrected chi connectivity index (χ4v) is 3.41. The maximum Gasteiger partial charge on any atom is 0.325 e. The van der Waals surface area contributed by atoms with E-state index < -0.39 is 12.0 Å². The predicted octanol–water partition coefficient (Wildman–Crippen LogP) is 3.23. The van der Waals surface area contributed by atoms with Gasteiger partial charge in [0.1, 0.15) is 16.8 Å². The Hall–Kier alpha value is -2.25. The van der Waals surface area contributed by atoms with E-state index in [2.05, 4.69) is 5.32 Å². The summed E-state index contributed by atoms with van der Waals surface area (Å²) in [5.74, 6) is -1.38. The van der Waals surface area contributed by atoms with Gasteiger partial charge in [-0.1, -0.05) is 23.2 Å². The first-order valence-electron chi connectivity index (χ1n) is 9.35. The molecule has 0 bridgehead atoms. The van der Waals surface area contributed by atoms with E-state index in [1.807, 2.05) is 6.92 Å². The number of hydrogen-bond donors (Lipinski definition) is 2. The minimum Gasteiger partial charge on any atom is -0.492 e. The zero-order valence-electron chi connectivity index (χ0n) is 16.3. The van der Waals surface area contributed by atoms with Crippen LogP contribution in [0.25, 0.3) is 6.08 Å². The van der Waals surface area contributed by atoms with Crippen LogP contribution in [-0.2, 0) is 14.4 Å². The van der Waals surface area contributed by atoms with Gasteiger partial charge in [-0.25, -0.2) is 0 Å². The van der Waals surface area contributed by atoms with Crippen LogP contribution in [0, 0.1) is 5.92 Å². The summed E-state index contributed by atoms with van der Waals surface area (Å²) < 4.78 is 5.38. The number of carboxylic acid groups (broad SMARTS) is 1. The molecular weight excluding hydrogens is 419 g/mol. The van der Waals surface area contributed by atoms with Crippen LogP contribution >= 0.6 is 23.2 Å². The molecule has 2 N–H and O–H groups in total. The van der Waals surface area contributed by atoms with E-state index in [-0.39, 0.29) is 17.7 Å². The molecule has 1 aliphatic heterocycles. The molecule has 0 aliphatic carbocycles. The molecule has 0 radical (unpaired) electrons. The highest BCUT2D eigenvalue weighted by Gasteiger charge is 2.28. The van der Waals surface area contributed by atoms with Crippen molar-refractivity contribution in [3.63, 3.8) is 0 Å². The van der Waals surface area contributed by atoms with Gasteiger partial charge in [0.25, 0.3) is 0 Å². The van der Waals surface area contributed by atoms with Crippen LogP contribution in [0.15, 0.2) is 18.2 Å². The summed E-state index contributed by atoms with van der Waals surface area (Å²) in [4.78, 5) is 37.0. The third-order valence-electron chi connectivity index (χ3n) is 4.69. The second-order valence-corrected chi connectivity index (χ2v) is 7.47. The second kappa shape index (κ2) is 10.5.